The van der Waals surface area contributed by atoms with E-state index in [0.29, 0.717) is 0 Å². The van der Waals surface area contributed by atoms with Gasteiger partial charge in [0.15, 0.2) is 11.7 Å². The molecule has 3 aliphatic rings. The summed E-state index contributed by atoms with van der Waals surface area (Å²) in [7, 11) is 0. The van der Waals surface area contributed by atoms with E-state index in [-0.39, 0.29) is 17.1 Å². The van der Waals surface area contributed by atoms with Gasteiger partial charge in [0.1, 0.15) is 11.9 Å². The van der Waals surface area contributed by atoms with Crippen LogP contribution in [-0.2, 0) is 12.0 Å². The second kappa shape index (κ2) is 5.47. The smallest absolute Gasteiger partial charge is 0.163 e. The van der Waals surface area contributed by atoms with Crippen LogP contribution in [0.4, 0.5) is 4.39 Å². The summed E-state index contributed by atoms with van der Waals surface area (Å²) < 4.78 is 14.5. The Balaban J connectivity index is 1.71. The molecule has 1 aromatic carbocycles. The van der Waals surface area contributed by atoms with Crippen molar-refractivity contribution in [2.75, 3.05) is 0 Å². The fourth-order valence-electron chi connectivity index (χ4n) is 5.23. The van der Waals surface area contributed by atoms with E-state index in [2.05, 4.69) is 28.2 Å². The largest absolute Gasteiger partial charge is 0.382 e. The van der Waals surface area contributed by atoms with Crippen molar-refractivity contribution in [1.29, 1.82) is 0 Å². The molecule has 2 aromatic rings. The van der Waals surface area contributed by atoms with Gasteiger partial charge in [0.2, 0.25) is 0 Å². The number of fused-ring (bicyclic) bond motifs is 3. The van der Waals surface area contributed by atoms with Crippen molar-refractivity contribution in [1.82, 2.24) is 9.97 Å². The van der Waals surface area contributed by atoms with Crippen LogP contribution in [0.15, 0.2) is 53.8 Å². The first kappa shape index (κ1) is 15.7. The number of amidine groups is 1. The zero-order chi connectivity index (χ0) is 17.8. The molecule has 1 aromatic heterocycles. The van der Waals surface area contributed by atoms with Gasteiger partial charge >= 0.3 is 0 Å². The van der Waals surface area contributed by atoms with E-state index in [1.165, 1.54) is 31.2 Å². The zero-order valence-corrected chi connectivity index (χ0v) is 14.6. The summed E-state index contributed by atoms with van der Waals surface area (Å²) in [5.74, 6) is -0.340. The van der Waals surface area contributed by atoms with Crippen molar-refractivity contribution in [3.05, 3.63) is 59.9 Å². The molecule has 1 aliphatic heterocycles. The molecule has 0 radical (unpaired) electrons. The summed E-state index contributed by atoms with van der Waals surface area (Å²) >= 11 is 0. The zero-order valence-electron chi connectivity index (χ0n) is 14.6. The molecule has 26 heavy (non-hydrogen) atoms. The Morgan fingerprint density at radius 1 is 1.00 bits per heavy atom. The third-order valence-electron chi connectivity index (χ3n) is 6.44. The van der Waals surface area contributed by atoms with E-state index in [9.17, 15) is 4.39 Å². The minimum atomic E-state index is -0.664. The van der Waals surface area contributed by atoms with Gasteiger partial charge in [-0.2, -0.15) is 0 Å². The van der Waals surface area contributed by atoms with Crippen molar-refractivity contribution >= 4 is 5.84 Å². The summed E-state index contributed by atoms with van der Waals surface area (Å²) in [4.78, 5) is 13.0. The number of nitrogens with two attached hydrogens (primary N) is 1. The van der Waals surface area contributed by atoms with Crippen LogP contribution in [0.1, 0.15) is 43.2 Å². The van der Waals surface area contributed by atoms with Crippen molar-refractivity contribution < 1.29 is 4.39 Å². The Morgan fingerprint density at radius 3 is 2.46 bits per heavy atom. The fraction of sp³-hybridized carbons (Fsp3) is 0.381. The van der Waals surface area contributed by atoms with Crippen molar-refractivity contribution in [2.24, 2.45) is 16.1 Å². The highest BCUT2D eigenvalue weighted by atomic mass is 19.1. The normalized spacial score (nSPS) is 26.0. The summed E-state index contributed by atoms with van der Waals surface area (Å²) in [5.41, 5.74) is 9.53. The quantitative estimate of drug-likeness (QED) is 0.845. The molecule has 0 saturated heterocycles. The maximum Gasteiger partial charge on any atom is 0.163 e. The topological polar surface area (TPSA) is 64.2 Å². The Bertz CT molecular complexity index is 908. The molecule has 2 spiro atoms. The maximum atomic E-state index is 14.5. The van der Waals surface area contributed by atoms with Gasteiger partial charge in [-0.1, -0.05) is 31.4 Å². The standard InChI is InChI=1S/C21H21FN4/c22-18-10-21(26-19(18)23)17-8-14(16-11-24-13-25-12-16)4-5-15(17)9-20(21)6-2-1-3-7-20/h4-5,8,10-13H,1-3,6-7,9H2,(H2,23,26). The third-order valence-corrected chi connectivity index (χ3v) is 6.44. The van der Waals surface area contributed by atoms with E-state index in [1.807, 2.05) is 0 Å². The van der Waals surface area contributed by atoms with Gasteiger partial charge in [-0.05, 0) is 48.1 Å². The van der Waals surface area contributed by atoms with Crippen LogP contribution in [0.25, 0.3) is 11.1 Å². The van der Waals surface area contributed by atoms with Gasteiger partial charge in [-0.3, -0.25) is 0 Å². The van der Waals surface area contributed by atoms with E-state index in [4.69, 9.17) is 10.7 Å². The average Bonchev–Trinajstić information content (AvgIpc) is 3.11. The molecule has 0 bridgehead atoms. The molecule has 5 rings (SSSR count). The molecule has 0 amide bonds. The maximum absolute atomic E-state index is 14.5. The van der Waals surface area contributed by atoms with Crippen molar-refractivity contribution in [2.45, 2.75) is 44.1 Å². The molecule has 2 N–H and O–H groups in total. The van der Waals surface area contributed by atoms with E-state index in [1.54, 1.807) is 18.5 Å². The van der Waals surface area contributed by atoms with Gasteiger partial charge in [0.05, 0.1) is 0 Å². The number of hydrogen-bond donors (Lipinski definition) is 1. The molecule has 4 nitrogen and oxygen atoms in total. The van der Waals surface area contributed by atoms with Gasteiger partial charge in [0, 0.05) is 23.4 Å². The second-order valence-electron chi connectivity index (χ2n) is 7.77. The average molecular weight is 348 g/mol. The molecule has 2 heterocycles. The minimum absolute atomic E-state index is 0.0382. The molecule has 1 saturated carbocycles. The van der Waals surface area contributed by atoms with Crippen LogP contribution >= 0.6 is 0 Å². The fourth-order valence-corrected chi connectivity index (χ4v) is 5.23. The van der Waals surface area contributed by atoms with Crippen LogP contribution in [0.5, 0.6) is 0 Å². The summed E-state index contributed by atoms with van der Waals surface area (Å²) in [6, 6.07) is 6.41. The monoisotopic (exact) mass is 348 g/mol. The lowest BCUT2D eigenvalue weighted by atomic mass is 9.62. The predicted molar refractivity (Wildman–Crippen MR) is 99.2 cm³/mol. The van der Waals surface area contributed by atoms with Crippen LogP contribution < -0.4 is 5.73 Å². The number of aromatic nitrogens is 2. The molecule has 132 valence electrons. The summed E-state index contributed by atoms with van der Waals surface area (Å²) in [6.07, 6.45) is 13.4. The number of nitrogens with zero attached hydrogens (tertiary/aromatic N) is 3. The molecule has 1 fully saturated rings. The lowest BCUT2D eigenvalue weighted by Crippen LogP contribution is -2.41. The molecule has 1 atom stereocenters. The molecular weight excluding hydrogens is 327 g/mol. The first-order valence-corrected chi connectivity index (χ1v) is 9.26. The van der Waals surface area contributed by atoms with Crippen LogP contribution in [-0.4, -0.2) is 15.8 Å². The van der Waals surface area contributed by atoms with Crippen molar-refractivity contribution in [3.8, 4) is 11.1 Å². The number of halogens is 1. The number of benzene rings is 1. The number of aliphatic imine (C=N–C) groups is 1. The first-order valence-electron chi connectivity index (χ1n) is 9.26. The summed E-state index contributed by atoms with van der Waals surface area (Å²) in [5, 5.41) is 0. The van der Waals surface area contributed by atoms with Crippen LogP contribution in [0.2, 0.25) is 0 Å². The highest BCUT2D eigenvalue weighted by Crippen LogP contribution is 2.62. The molecule has 2 aliphatic carbocycles. The van der Waals surface area contributed by atoms with Crippen LogP contribution in [0.3, 0.4) is 0 Å². The highest BCUT2D eigenvalue weighted by Gasteiger charge is 2.58. The highest BCUT2D eigenvalue weighted by molar-refractivity contribution is 5.98. The lowest BCUT2D eigenvalue weighted by Gasteiger charge is -2.43. The minimum Gasteiger partial charge on any atom is -0.382 e. The Labute approximate surface area is 152 Å². The number of hydrogen-bond acceptors (Lipinski definition) is 4. The van der Waals surface area contributed by atoms with E-state index >= 15 is 0 Å². The molecule has 5 heteroatoms. The Kier molecular flexibility index (Phi) is 3.30. The van der Waals surface area contributed by atoms with E-state index in [0.717, 1.165) is 36.0 Å². The van der Waals surface area contributed by atoms with Crippen LogP contribution in [0, 0.1) is 5.41 Å². The van der Waals surface area contributed by atoms with E-state index < -0.39 is 5.54 Å². The second-order valence-corrected chi connectivity index (χ2v) is 7.77. The summed E-state index contributed by atoms with van der Waals surface area (Å²) in [6.45, 7) is 0. The SMILES string of the molecule is NC1=NC2(C=C1F)c1cc(-c3cncnc3)ccc1CC21CCCCC1. The molecule has 1 unspecified atom stereocenters. The van der Waals surface area contributed by atoms with Gasteiger partial charge in [-0.25, -0.2) is 19.4 Å². The number of rotatable bonds is 1. The first-order chi connectivity index (χ1) is 12.6. The van der Waals surface area contributed by atoms with Gasteiger partial charge < -0.3 is 5.73 Å². The Morgan fingerprint density at radius 2 is 1.77 bits per heavy atom. The van der Waals surface area contributed by atoms with Gasteiger partial charge in [0.25, 0.3) is 0 Å². The van der Waals surface area contributed by atoms with Gasteiger partial charge in [-0.15, -0.1) is 0 Å². The predicted octanol–water partition coefficient (Wildman–Crippen LogP) is 4.07. The van der Waals surface area contributed by atoms with Crippen molar-refractivity contribution in [3.63, 3.8) is 0 Å². The molecular formula is C21H21FN4. The third kappa shape index (κ3) is 2.03. The lowest BCUT2D eigenvalue weighted by molar-refractivity contribution is 0.119. The Hall–Kier alpha value is -2.56.